The SMILES string of the molecule is O=C(CSc1nnc(-c2ccccc2)n1-c1ccccc1)Nc1ccc(OC(F)F)cc1. The zero-order valence-electron chi connectivity index (χ0n) is 16.7. The molecule has 1 aromatic heterocycles. The van der Waals surface area contributed by atoms with E-state index in [4.69, 9.17) is 0 Å². The average molecular weight is 452 g/mol. The molecule has 0 fully saturated rings. The molecular weight excluding hydrogens is 434 g/mol. The van der Waals surface area contributed by atoms with E-state index in [2.05, 4.69) is 20.3 Å². The van der Waals surface area contributed by atoms with Gasteiger partial charge in [0.25, 0.3) is 0 Å². The molecule has 6 nitrogen and oxygen atoms in total. The lowest BCUT2D eigenvalue weighted by Crippen LogP contribution is -2.14. The van der Waals surface area contributed by atoms with Gasteiger partial charge in [-0.1, -0.05) is 60.3 Å². The first-order chi connectivity index (χ1) is 15.6. The number of hydrogen-bond acceptors (Lipinski definition) is 5. The predicted octanol–water partition coefficient (Wildman–Crippen LogP) is 5.27. The highest BCUT2D eigenvalue weighted by molar-refractivity contribution is 7.99. The second-order valence-electron chi connectivity index (χ2n) is 6.58. The Hall–Kier alpha value is -3.72. The summed E-state index contributed by atoms with van der Waals surface area (Å²) in [7, 11) is 0. The number of anilines is 1. The minimum Gasteiger partial charge on any atom is -0.435 e. The Morgan fingerprint density at radius 3 is 2.25 bits per heavy atom. The van der Waals surface area contributed by atoms with Gasteiger partial charge in [-0.15, -0.1) is 10.2 Å². The van der Waals surface area contributed by atoms with Crippen molar-refractivity contribution in [3.63, 3.8) is 0 Å². The Bertz CT molecular complexity index is 1170. The highest BCUT2D eigenvalue weighted by Gasteiger charge is 2.17. The standard InChI is InChI=1S/C23H18F2N4O2S/c24-22(25)31-19-13-11-17(12-14-19)26-20(30)15-32-23-28-27-21(16-7-3-1-4-8-16)29(23)18-9-5-2-6-10-18/h1-14,22H,15H2,(H,26,30). The zero-order chi connectivity index (χ0) is 22.3. The normalized spacial score (nSPS) is 10.8. The first-order valence-electron chi connectivity index (χ1n) is 9.64. The highest BCUT2D eigenvalue weighted by atomic mass is 32.2. The fourth-order valence-corrected chi connectivity index (χ4v) is 3.75. The molecule has 4 aromatic rings. The second kappa shape index (κ2) is 10.1. The van der Waals surface area contributed by atoms with Gasteiger partial charge in [0, 0.05) is 16.9 Å². The number of rotatable bonds is 8. The maximum absolute atomic E-state index is 12.4. The van der Waals surface area contributed by atoms with Crippen LogP contribution in [0.15, 0.2) is 90.1 Å². The first-order valence-corrected chi connectivity index (χ1v) is 10.6. The molecule has 0 spiro atoms. The third kappa shape index (κ3) is 5.30. The molecule has 0 radical (unpaired) electrons. The van der Waals surface area contributed by atoms with Crippen molar-refractivity contribution in [2.75, 3.05) is 11.1 Å². The van der Waals surface area contributed by atoms with Gasteiger partial charge in [-0.05, 0) is 36.4 Å². The summed E-state index contributed by atoms with van der Waals surface area (Å²) >= 11 is 1.25. The van der Waals surface area contributed by atoms with Crippen LogP contribution in [-0.4, -0.2) is 33.0 Å². The smallest absolute Gasteiger partial charge is 0.387 e. The number of nitrogens with zero attached hydrogens (tertiary/aromatic N) is 3. The number of hydrogen-bond donors (Lipinski definition) is 1. The van der Waals surface area contributed by atoms with Crippen molar-refractivity contribution in [3.8, 4) is 22.8 Å². The Labute approximate surface area is 187 Å². The van der Waals surface area contributed by atoms with Crippen molar-refractivity contribution in [2.45, 2.75) is 11.8 Å². The van der Waals surface area contributed by atoms with Crippen molar-refractivity contribution >= 4 is 23.4 Å². The van der Waals surface area contributed by atoms with Gasteiger partial charge in [0.1, 0.15) is 5.75 Å². The molecule has 1 N–H and O–H groups in total. The first kappa shape index (κ1) is 21.5. The van der Waals surface area contributed by atoms with E-state index < -0.39 is 6.61 Å². The maximum Gasteiger partial charge on any atom is 0.387 e. The van der Waals surface area contributed by atoms with Crippen molar-refractivity contribution in [3.05, 3.63) is 84.9 Å². The molecule has 0 aliphatic carbocycles. The van der Waals surface area contributed by atoms with Gasteiger partial charge in [-0.3, -0.25) is 9.36 Å². The maximum atomic E-state index is 12.4. The number of alkyl halides is 2. The van der Waals surface area contributed by atoms with E-state index in [-0.39, 0.29) is 17.4 Å². The van der Waals surface area contributed by atoms with Gasteiger partial charge in [0.15, 0.2) is 11.0 Å². The number of thioether (sulfide) groups is 1. The fourth-order valence-electron chi connectivity index (χ4n) is 2.99. The van der Waals surface area contributed by atoms with Crippen LogP contribution in [0.1, 0.15) is 0 Å². The van der Waals surface area contributed by atoms with Gasteiger partial charge in [0.2, 0.25) is 5.91 Å². The highest BCUT2D eigenvalue weighted by Crippen LogP contribution is 2.28. The predicted molar refractivity (Wildman–Crippen MR) is 119 cm³/mol. The molecule has 0 atom stereocenters. The molecule has 1 heterocycles. The minimum atomic E-state index is -2.89. The number of para-hydroxylation sites is 1. The molecule has 162 valence electrons. The molecule has 4 rings (SSSR count). The summed E-state index contributed by atoms with van der Waals surface area (Å²) < 4.78 is 30.7. The number of amides is 1. The van der Waals surface area contributed by atoms with Crippen LogP contribution in [0.3, 0.4) is 0 Å². The second-order valence-corrected chi connectivity index (χ2v) is 7.53. The van der Waals surface area contributed by atoms with Crippen LogP contribution in [0.2, 0.25) is 0 Å². The van der Waals surface area contributed by atoms with Gasteiger partial charge < -0.3 is 10.1 Å². The Morgan fingerprint density at radius 1 is 0.938 bits per heavy atom. The summed E-state index contributed by atoms with van der Waals surface area (Å²) in [5.74, 6) is 0.530. The molecule has 0 saturated carbocycles. The fraction of sp³-hybridized carbons (Fsp3) is 0.0870. The van der Waals surface area contributed by atoms with Crippen LogP contribution >= 0.6 is 11.8 Å². The zero-order valence-corrected chi connectivity index (χ0v) is 17.5. The molecule has 0 saturated heterocycles. The summed E-state index contributed by atoms with van der Waals surface area (Å²) in [6, 6.07) is 25.1. The minimum absolute atomic E-state index is 0.0248. The van der Waals surface area contributed by atoms with Crippen molar-refractivity contribution in [2.24, 2.45) is 0 Å². The Balaban J connectivity index is 1.48. The monoisotopic (exact) mass is 452 g/mol. The third-order valence-corrected chi connectivity index (χ3v) is 5.30. The summed E-state index contributed by atoms with van der Waals surface area (Å²) in [6.45, 7) is -2.89. The van der Waals surface area contributed by atoms with Crippen LogP contribution in [0.4, 0.5) is 14.5 Å². The Morgan fingerprint density at radius 2 is 1.59 bits per heavy atom. The molecule has 0 unspecified atom stereocenters. The van der Waals surface area contributed by atoms with Crippen molar-refractivity contribution in [1.29, 1.82) is 0 Å². The van der Waals surface area contributed by atoms with Gasteiger partial charge >= 0.3 is 6.61 Å². The van der Waals surface area contributed by atoms with Crippen molar-refractivity contribution < 1.29 is 18.3 Å². The molecule has 0 aliphatic heterocycles. The molecule has 0 aliphatic rings. The molecule has 32 heavy (non-hydrogen) atoms. The quantitative estimate of drug-likeness (QED) is 0.369. The number of carbonyl (C=O) groups is 1. The van der Waals surface area contributed by atoms with Gasteiger partial charge in [-0.25, -0.2) is 0 Å². The summed E-state index contributed by atoms with van der Waals surface area (Å²) in [5.41, 5.74) is 2.27. The summed E-state index contributed by atoms with van der Waals surface area (Å²) in [6.07, 6.45) is 0. The number of aromatic nitrogens is 3. The molecule has 0 bridgehead atoms. The lowest BCUT2D eigenvalue weighted by Gasteiger charge is -2.10. The van der Waals surface area contributed by atoms with E-state index in [1.165, 1.54) is 36.0 Å². The van der Waals surface area contributed by atoms with Crippen LogP contribution in [-0.2, 0) is 4.79 Å². The van der Waals surface area contributed by atoms with E-state index in [1.807, 2.05) is 65.2 Å². The number of carbonyl (C=O) groups excluding carboxylic acids is 1. The van der Waals surface area contributed by atoms with E-state index in [1.54, 1.807) is 0 Å². The average Bonchev–Trinajstić information content (AvgIpc) is 3.24. The number of benzene rings is 3. The molecule has 9 heteroatoms. The van der Waals surface area contributed by atoms with Crippen LogP contribution in [0.5, 0.6) is 5.75 Å². The van der Waals surface area contributed by atoms with Crippen LogP contribution in [0, 0.1) is 0 Å². The van der Waals surface area contributed by atoms with Gasteiger partial charge in [0.05, 0.1) is 5.75 Å². The van der Waals surface area contributed by atoms with E-state index >= 15 is 0 Å². The number of nitrogens with one attached hydrogen (secondary N) is 1. The topological polar surface area (TPSA) is 69.0 Å². The van der Waals surface area contributed by atoms with Crippen LogP contribution in [0.25, 0.3) is 17.1 Å². The van der Waals surface area contributed by atoms with Gasteiger partial charge in [-0.2, -0.15) is 8.78 Å². The Kier molecular flexibility index (Phi) is 6.76. The third-order valence-electron chi connectivity index (χ3n) is 4.38. The number of ether oxygens (including phenoxy) is 1. The lowest BCUT2D eigenvalue weighted by atomic mass is 10.2. The van der Waals surface area contributed by atoms with Crippen molar-refractivity contribution in [1.82, 2.24) is 14.8 Å². The van der Waals surface area contributed by atoms with Crippen LogP contribution < -0.4 is 10.1 Å². The summed E-state index contributed by atoms with van der Waals surface area (Å²) in [4.78, 5) is 12.4. The summed E-state index contributed by atoms with van der Waals surface area (Å²) in [5, 5.41) is 11.9. The van der Waals surface area contributed by atoms with E-state index in [0.29, 0.717) is 16.7 Å². The van der Waals surface area contributed by atoms with E-state index in [9.17, 15) is 13.6 Å². The molecular formula is C23H18F2N4O2S. The largest absolute Gasteiger partial charge is 0.435 e. The lowest BCUT2D eigenvalue weighted by molar-refractivity contribution is -0.113. The molecule has 3 aromatic carbocycles. The number of halogens is 2. The molecule has 1 amide bonds. The van der Waals surface area contributed by atoms with E-state index in [0.717, 1.165) is 11.3 Å².